The molecule has 1 aliphatic rings. The van der Waals surface area contributed by atoms with Crippen LogP contribution in [0.15, 0.2) is 12.1 Å². The Labute approximate surface area is 81.9 Å². The van der Waals surface area contributed by atoms with E-state index in [1.807, 2.05) is 13.8 Å². The smallest absolute Gasteiger partial charge is 0.129 e. The first-order valence-electron chi connectivity index (χ1n) is 4.25. The van der Waals surface area contributed by atoms with Gasteiger partial charge in [0.15, 0.2) is 0 Å². The highest BCUT2D eigenvalue weighted by Gasteiger charge is 2.33. The van der Waals surface area contributed by atoms with Crippen LogP contribution in [-0.2, 0) is 5.41 Å². The van der Waals surface area contributed by atoms with Crippen molar-refractivity contribution in [1.29, 1.82) is 0 Å². The zero-order chi connectivity index (χ0) is 9.64. The number of anilines is 1. The van der Waals surface area contributed by atoms with Gasteiger partial charge in [-0.05, 0) is 12.1 Å². The fraction of sp³-hybridized carbons (Fsp3) is 0.400. The molecule has 1 aromatic carbocycles. The third-order valence-electron chi connectivity index (χ3n) is 2.49. The summed E-state index contributed by atoms with van der Waals surface area (Å²) in [7, 11) is 0. The summed E-state index contributed by atoms with van der Waals surface area (Å²) in [5.74, 6) is -0.172. The first-order valence-corrected chi connectivity index (χ1v) is 4.62. The number of nitrogens with one attached hydrogen (secondary N) is 1. The fourth-order valence-corrected chi connectivity index (χ4v) is 2.01. The molecule has 0 saturated carbocycles. The molecule has 2 rings (SSSR count). The lowest BCUT2D eigenvalue weighted by molar-refractivity contribution is 0.527. The Bertz CT molecular complexity index is 360. The molecule has 70 valence electrons. The van der Waals surface area contributed by atoms with E-state index in [0.717, 1.165) is 12.2 Å². The predicted molar refractivity (Wildman–Crippen MR) is 52.9 cm³/mol. The maximum Gasteiger partial charge on any atom is 0.129 e. The zero-order valence-electron chi connectivity index (χ0n) is 7.62. The van der Waals surface area contributed by atoms with E-state index in [1.54, 1.807) is 6.07 Å². The molecule has 0 saturated heterocycles. The fourth-order valence-electron chi connectivity index (χ4n) is 1.78. The van der Waals surface area contributed by atoms with Gasteiger partial charge in [0.05, 0.1) is 10.7 Å². The van der Waals surface area contributed by atoms with Crippen molar-refractivity contribution in [1.82, 2.24) is 0 Å². The third kappa shape index (κ3) is 1.20. The zero-order valence-corrected chi connectivity index (χ0v) is 8.37. The van der Waals surface area contributed by atoms with Crippen molar-refractivity contribution in [3.63, 3.8) is 0 Å². The number of benzene rings is 1. The van der Waals surface area contributed by atoms with Gasteiger partial charge in [0.1, 0.15) is 5.82 Å². The lowest BCUT2D eigenvalue weighted by Gasteiger charge is -2.17. The third-order valence-corrected chi connectivity index (χ3v) is 2.80. The van der Waals surface area contributed by atoms with Gasteiger partial charge in [-0.15, -0.1) is 0 Å². The molecular weight excluding hydrogens is 189 g/mol. The second-order valence-electron chi connectivity index (χ2n) is 4.02. The van der Waals surface area contributed by atoms with Crippen LogP contribution in [0.4, 0.5) is 10.1 Å². The summed E-state index contributed by atoms with van der Waals surface area (Å²) in [5, 5.41) is 3.73. The van der Waals surface area contributed by atoms with E-state index >= 15 is 0 Å². The molecule has 0 aromatic heterocycles. The average molecular weight is 200 g/mol. The first kappa shape index (κ1) is 8.82. The predicted octanol–water partition coefficient (Wildman–Crippen LogP) is 3.18. The van der Waals surface area contributed by atoms with Crippen molar-refractivity contribution in [2.45, 2.75) is 19.3 Å². The van der Waals surface area contributed by atoms with Crippen LogP contribution in [0.1, 0.15) is 19.4 Å². The number of hydrogen-bond acceptors (Lipinski definition) is 1. The normalized spacial score (nSPS) is 18.2. The van der Waals surface area contributed by atoms with Crippen molar-refractivity contribution in [2.75, 3.05) is 11.9 Å². The molecule has 0 aliphatic carbocycles. The highest BCUT2D eigenvalue weighted by atomic mass is 35.5. The number of hydrogen-bond donors (Lipinski definition) is 1. The Hall–Kier alpha value is -0.760. The number of fused-ring (bicyclic) bond motifs is 1. The summed E-state index contributed by atoms with van der Waals surface area (Å²) >= 11 is 5.94. The van der Waals surface area contributed by atoms with Gasteiger partial charge in [-0.1, -0.05) is 25.4 Å². The molecule has 13 heavy (non-hydrogen) atoms. The molecule has 0 amide bonds. The lowest BCUT2D eigenvalue weighted by Crippen LogP contribution is -2.20. The Morgan fingerprint density at radius 3 is 2.77 bits per heavy atom. The van der Waals surface area contributed by atoms with E-state index in [0.29, 0.717) is 10.6 Å². The second-order valence-corrected chi connectivity index (χ2v) is 4.42. The molecule has 0 spiro atoms. The molecule has 3 heteroatoms. The average Bonchev–Trinajstić information content (AvgIpc) is 2.36. The first-order chi connectivity index (χ1) is 6.02. The Kier molecular flexibility index (Phi) is 1.77. The summed E-state index contributed by atoms with van der Waals surface area (Å²) in [6.45, 7) is 4.75. The topological polar surface area (TPSA) is 12.0 Å². The summed E-state index contributed by atoms with van der Waals surface area (Å²) < 4.78 is 13.5. The highest BCUT2D eigenvalue weighted by molar-refractivity contribution is 6.33. The maximum atomic E-state index is 13.5. The van der Waals surface area contributed by atoms with Gasteiger partial charge in [0, 0.05) is 17.5 Å². The minimum absolute atomic E-state index is 0.162. The molecule has 1 nitrogen and oxygen atoms in total. The summed E-state index contributed by atoms with van der Waals surface area (Å²) in [5.41, 5.74) is 1.30. The van der Waals surface area contributed by atoms with Crippen LogP contribution in [0.5, 0.6) is 0 Å². The number of rotatable bonds is 0. The Balaban J connectivity index is 2.70. The molecule has 1 aliphatic heterocycles. The molecule has 1 N–H and O–H groups in total. The van der Waals surface area contributed by atoms with Crippen LogP contribution in [0.2, 0.25) is 5.02 Å². The maximum absolute atomic E-state index is 13.5. The molecule has 1 aromatic rings. The van der Waals surface area contributed by atoms with E-state index in [9.17, 15) is 4.39 Å². The molecule has 1 heterocycles. The molecule has 0 bridgehead atoms. The van der Waals surface area contributed by atoms with Crippen molar-refractivity contribution >= 4 is 17.3 Å². The molecule has 0 atom stereocenters. The van der Waals surface area contributed by atoms with Gasteiger partial charge in [0.2, 0.25) is 0 Å². The van der Waals surface area contributed by atoms with Gasteiger partial charge >= 0.3 is 0 Å². The van der Waals surface area contributed by atoms with E-state index in [2.05, 4.69) is 5.32 Å². The van der Waals surface area contributed by atoms with Gasteiger partial charge in [-0.2, -0.15) is 0 Å². The largest absolute Gasteiger partial charge is 0.383 e. The van der Waals surface area contributed by atoms with E-state index in [1.165, 1.54) is 6.07 Å². The summed E-state index contributed by atoms with van der Waals surface area (Å²) in [6, 6.07) is 3.01. The Morgan fingerprint density at radius 1 is 1.46 bits per heavy atom. The van der Waals surface area contributed by atoms with Gasteiger partial charge in [-0.3, -0.25) is 0 Å². The van der Waals surface area contributed by atoms with Crippen LogP contribution >= 0.6 is 11.6 Å². The lowest BCUT2D eigenvalue weighted by atomic mass is 9.86. The van der Waals surface area contributed by atoms with Crippen molar-refractivity contribution < 1.29 is 4.39 Å². The van der Waals surface area contributed by atoms with Crippen LogP contribution in [0.25, 0.3) is 0 Å². The standard InChI is InChI=1S/C10H11ClFN/c1-10(2)5-13-9-6(11)3-4-7(12)8(9)10/h3-4,13H,5H2,1-2H3. The van der Waals surface area contributed by atoms with Gasteiger partial charge in [0.25, 0.3) is 0 Å². The van der Waals surface area contributed by atoms with Crippen molar-refractivity contribution in [3.8, 4) is 0 Å². The Morgan fingerprint density at radius 2 is 2.15 bits per heavy atom. The molecule has 0 unspecified atom stereocenters. The van der Waals surface area contributed by atoms with E-state index in [-0.39, 0.29) is 11.2 Å². The van der Waals surface area contributed by atoms with E-state index in [4.69, 9.17) is 11.6 Å². The van der Waals surface area contributed by atoms with Crippen molar-refractivity contribution in [3.05, 3.63) is 28.5 Å². The van der Waals surface area contributed by atoms with Crippen LogP contribution in [-0.4, -0.2) is 6.54 Å². The molecule has 0 fully saturated rings. The quantitative estimate of drug-likeness (QED) is 0.677. The van der Waals surface area contributed by atoms with E-state index < -0.39 is 0 Å². The van der Waals surface area contributed by atoms with Crippen molar-refractivity contribution in [2.24, 2.45) is 0 Å². The van der Waals surface area contributed by atoms with Gasteiger partial charge < -0.3 is 5.32 Å². The summed E-state index contributed by atoms with van der Waals surface area (Å²) in [4.78, 5) is 0. The second kappa shape index (κ2) is 2.61. The van der Waals surface area contributed by atoms with Crippen LogP contribution < -0.4 is 5.32 Å². The van der Waals surface area contributed by atoms with Crippen LogP contribution in [0.3, 0.4) is 0 Å². The van der Waals surface area contributed by atoms with Gasteiger partial charge in [-0.25, -0.2) is 4.39 Å². The minimum atomic E-state index is -0.172. The molecule has 0 radical (unpaired) electrons. The SMILES string of the molecule is CC1(C)CNc2c(Cl)ccc(F)c21. The summed E-state index contributed by atoms with van der Waals surface area (Å²) in [6.07, 6.45) is 0. The number of halogens is 2. The highest BCUT2D eigenvalue weighted by Crippen LogP contribution is 2.41. The minimum Gasteiger partial charge on any atom is -0.383 e. The monoisotopic (exact) mass is 199 g/mol. The van der Waals surface area contributed by atoms with Crippen LogP contribution in [0, 0.1) is 5.82 Å². The molecular formula is C10H11ClFN.